The molecule has 1 saturated heterocycles. The molecule has 0 bridgehead atoms. The van der Waals surface area contributed by atoms with Crippen molar-refractivity contribution in [1.82, 2.24) is 5.32 Å². The highest BCUT2D eigenvalue weighted by atomic mass is 32.1. The van der Waals surface area contributed by atoms with Crippen LogP contribution in [-0.2, 0) is 4.74 Å². The number of rotatable bonds is 6. The maximum atomic E-state index is 5.64. The Balaban J connectivity index is 2.12. The van der Waals surface area contributed by atoms with Crippen LogP contribution in [0.1, 0.15) is 37.1 Å². The quantitative estimate of drug-likeness (QED) is 0.860. The lowest BCUT2D eigenvalue weighted by molar-refractivity contribution is 0.0392. The molecule has 1 aromatic heterocycles. The average Bonchev–Trinajstić information content (AvgIpc) is 2.89. The van der Waals surface area contributed by atoms with Crippen LogP contribution in [0.4, 0.5) is 0 Å². The Morgan fingerprint density at radius 1 is 1.61 bits per heavy atom. The summed E-state index contributed by atoms with van der Waals surface area (Å²) in [5, 5.41) is 5.78. The number of methoxy groups -OCH3 is 1. The van der Waals surface area contributed by atoms with E-state index < -0.39 is 0 Å². The molecule has 0 spiro atoms. The van der Waals surface area contributed by atoms with E-state index in [0.717, 1.165) is 31.9 Å². The molecule has 2 atom stereocenters. The van der Waals surface area contributed by atoms with E-state index in [1.54, 1.807) is 18.4 Å². The van der Waals surface area contributed by atoms with Gasteiger partial charge in [-0.15, -0.1) is 11.3 Å². The molecule has 3 nitrogen and oxygen atoms in total. The standard InChI is InChI=1S/C14H23NO2S/c1-3-7-15-13(11-5-4-8-17-10-11)14-12(16-2)6-9-18-14/h6,9,11,13,15H,3-5,7-8,10H2,1-2H3. The van der Waals surface area contributed by atoms with Crippen molar-refractivity contribution in [3.05, 3.63) is 16.3 Å². The van der Waals surface area contributed by atoms with Crippen LogP contribution in [0.2, 0.25) is 0 Å². The first-order chi connectivity index (χ1) is 8.86. The number of hydrogen-bond acceptors (Lipinski definition) is 4. The number of thiophene rings is 1. The Bertz CT molecular complexity index is 347. The number of hydrogen-bond donors (Lipinski definition) is 1. The molecule has 102 valence electrons. The molecule has 1 aliphatic heterocycles. The molecule has 1 fully saturated rings. The van der Waals surface area contributed by atoms with E-state index in [9.17, 15) is 0 Å². The first-order valence-corrected chi connectivity index (χ1v) is 7.67. The van der Waals surface area contributed by atoms with Crippen LogP contribution in [0.25, 0.3) is 0 Å². The first-order valence-electron chi connectivity index (χ1n) is 6.79. The van der Waals surface area contributed by atoms with Gasteiger partial charge in [0, 0.05) is 12.5 Å². The summed E-state index contributed by atoms with van der Waals surface area (Å²) in [6, 6.07) is 2.44. The van der Waals surface area contributed by atoms with Gasteiger partial charge in [0.05, 0.1) is 24.6 Å². The predicted molar refractivity (Wildman–Crippen MR) is 75.4 cm³/mol. The summed E-state index contributed by atoms with van der Waals surface area (Å²) >= 11 is 1.78. The minimum Gasteiger partial charge on any atom is -0.496 e. The van der Waals surface area contributed by atoms with Gasteiger partial charge >= 0.3 is 0 Å². The van der Waals surface area contributed by atoms with Crippen molar-refractivity contribution in [3.8, 4) is 5.75 Å². The Morgan fingerprint density at radius 3 is 3.17 bits per heavy atom. The average molecular weight is 269 g/mol. The van der Waals surface area contributed by atoms with Gasteiger partial charge < -0.3 is 14.8 Å². The fourth-order valence-corrected chi connectivity index (χ4v) is 3.53. The van der Waals surface area contributed by atoms with E-state index in [0.29, 0.717) is 12.0 Å². The van der Waals surface area contributed by atoms with Gasteiger partial charge in [-0.3, -0.25) is 0 Å². The van der Waals surface area contributed by atoms with Crippen LogP contribution in [0.5, 0.6) is 5.75 Å². The molecule has 2 rings (SSSR count). The molecule has 0 aromatic carbocycles. The van der Waals surface area contributed by atoms with Crippen molar-refractivity contribution in [1.29, 1.82) is 0 Å². The van der Waals surface area contributed by atoms with E-state index in [4.69, 9.17) is 9.47 Å². The third kappa shape index (κ3) is 3.25. The molecule has 4 heteroatoms. The molecule has 0 amide bonds. The Morgan fingerprint density at radius 2 is 2.50 bits per heavy atom. The molecule has 0 aliphatic carbocycles. The minimum absolute atomic E-state index is 0.375. The number of ether oxygens (including phenoxy) is 2. The second-order valence-electron chi connectivity index (χ2n) is 4.76. The zero-order chi connectivity index (χ0) is 12.8. The van der Waals surface area contributed by atoms with Gasteiger partial charge in [-0.2, -0.15) is 0 Å². The van der Waals surface area contributed by atoms with Gasteiger partial charge in [-0.1, -0.05) is 6.92 Å². The van der Waals surface area contributed by atoms with Gasteiger partial charge in [-0.05, 0) is 37.3 Å². The zero-order valence-electron chi connectivity index (χ0n) is 11.3. The third-order valence-corrected chi connectivity index (χ3v) is 4.42. The fourth-order valence-electron chi connectivity index (χ4n) is 2.51. The Kier molecular flexibility index (Phi) is 5.47. The molecule has 0 saturated carbocycles. The van der Waals surface area contributed by atoms with E-state index in [1.807, 2.05) is 0 Å². The Labute approximate surface area is 113 Å². The van der Waals surface area contributed by atoms with Crippen LogP contribution >= 0.6 is 11.3 Å². The summed E-state index contributed by atoms with van der Waals surface area (Å²) in [6.07, 6.45) is 3.56. The molecule has 2 unspecified atom stereocenters. The van der Waals surface area contributed by atoms with E-state index in [1.165, 1.54) is 17.7 Å². The van der Waals surface area contributed by atoms with Gasteiger partial charge in [0.25, 0.3) is 0 Å². The highest BCUT2D eigenvalue weighted by Gasteiger charge is 2.28. The molecular formula is C14H23NO2S. The minimum atomic E-state index is 0.375. The lowest BCUT2D eigenvalue weighted by atomic mass is 9.92. The van der Waals surface area contributed by atoms with Crippen molar-refractivity contribution < 1.29 is 9.47 Å². The highest BCUT2D eigenvalue weighted by Crippen LogP contribution is 2.37. The normalized spacial score (nSPS) is 21.8. The van der Waals surface area contributed by atoms with Gasteiger partial charge in [-0.25, -0.2) is 0 Å². The summed E-state index contributed by atoms with van der Waals surface area (Å²) in [6.45, 7) is 5.02. The van der Waals surface area contributed by atoms with Crippen molar-refractivity contribution >= 4 is 11.3 Å². The highest BCUT2D eigenvalue weighted by molar-refractivity contribution is 7.10. The van der Waals surface area contributed by atoms with Crippen molar-refractivity contribution in [2.75, 3.05) is 26.9 Å². The van der Waals surface area contributed by atoms with Crippen LogP contribution in [-0.4, -0.2) is 26.9 Å². The molecule has 18 heavy (non-hydrogen) atoms. The first kappa shape index (κ1) is 13.8. The summed E-state index contributed by atoms with van der Waals surface area (Å²) in [5.74, 6) is 1.58. The maximum Gasteiger partial charge on any atom is 0.134 e. The van der Waals surface area contributed by atoms with Crippen LogP contribution in [0, 0.1) is 5.92 Å². The molecule has 1 aliphatic rings. The van der Waals surface area contributed by atoms with E-state index in [2.05, 4.69) is 23.7 Å². The fraction of sp³-hybridized carbons (Fsp3) is 0.714. The predicted octanol–water partition coefficient (Wildman–Crippen LogP) is 3.22. The molecule has 0 radical (unpaired) electrons. The van der Waals surface area contributed by atoms with Gasteiger partial charge in [0.2, 0.25) is 0 Å². The van der Waals surface area contributed by atoms with Crippen molar-refractivity contribution in [2.24, 2.45) is 5.92 Å². The third-order valence-electron chi connectivity index (χ3n) is 3.44. The summed E-state index contributed by atoms with van der Waals surface area (Å²) in [5.41, 5.74) is 0. The van der Waals surface area contributed by atoms with Crippen molar-refractivity contribution in [3.63, 3.8) is 0 Å². The maximum absolute atomic E-state index is 5.64. The summed E-state index contributed by atoms with van der Waals surface area (Å²) < 4.78 is 11.1. The van der Waals surface area contributed by atoms with Gasteiger partial charge in [0.15, 0.2) is 0 Å². The molecule has 1 aromatic rings. The second kappa shape index (κ2) is 7.12. The summed E-state index contributed by atoms with van der Waals surface area (Å²) in [4.78, 5) is 1.32. The second-order valence-corrected chi connectivity index (χ2v) is 5.71. The van der Waals surface area contributed by atoms with Gasteiger partial charge in [0.1, 0.15) is 5.75 Å². The van der Waals surface area contributed by atoms with Crippen LogP contribution in [0.15, 0.2) is 11.4 Å². The topological polar surface area (TPSA) is 30.5 Å². The largest absolute Gasteiger partial charge is 0.496 e. The molecular weight excluding hydrogens is 246 g/mol. The van der Waals surface area contributed by atoms with E-state index >= 15 is 0 Å². The lowest BCUT2D eigenvalue weighted by Gasteiger charge is -2.31. The van der Waals surface area contributed by atoms with E-state index in [-0.39, 0.29) is 0 Å². The van der Waals surface area contributed by atoms with Crippen LogP contribution < -0.4 is 10.1 Å². The zero-order valence-corrected chi connectivity index (χ0v) is 12.1. The Hall–Kier alpha value is -0.580. The van der Waals surface area contributed by atoms with Crippen molar-refractivity contribution in [2.45, 2.75) is 32.2 Å². The molecule has 2 heterocycles. The number of nitrogens with one attached hydrogen (secondary N) is 1. The SMILES string of the molecule is CCCNC(c1sccc1OC)C1CCCOC1. The monoisotopic (exact) mass is 269 g/mol. The lowest BCUT2D eigenvalue weighted by Crippen LogP contribution is -2.33. The molecule has 1 N–H and O–H groups in total. The summed E-state index contributed by atoms with van der Waals surface area (Å²) in [7, 11) is 1.75. The smallest absolute Gasteiger partial charge is 0.134 e. The van der Waals surface area contributed by atoms with Crippen LogP contribution in [0.3, 0.4) is 0 Å².